The first-order valence-corrected chi connectivity index (χ1v) is 6.01. The predicted octanol–water partition coefficient (Wildman–Crippen LogP) is 3.92. The van der Waals surface area contributed by atoms with E-state index in [0.717, 1.165) is 5.56 Å². The average Bonchev–Trinajstić information content (AvgIpc) is 2.27. The van der Waals surface area contributed by atoms with Gasteiger partial charge in [-0.25, -0.2) is 0 Å². The summed E-state index contributed by atoms with van der Waals surface area (Å²) >= 11 is 3.28. The minimum Gasteiger partial charge on any atom is -0.493 e. The number of hydrogen-bond donors (Lipinski definition) is 0. The summed E-state index contributed by atoms with van der Waals surface area (Å²) in [4.78, 5) is 0. The van der Waals surface area contributed by atoms with Gasteiger partial charge in [-0.2, -0.15) is 13.2 Å². The summed E-state index contributed by atoms with van der Waals surface area (Å²) in [6, 6.07) is 5.09. The van der Waals surface area contributed by atoms with E-state index in [4.69, 9.17) is 9.47 Å². The Labute approximate surface area is 106 Å². The van der Waals surface area contributed by atoms with Gasteiger partial charge in [0, 0.05) is 5.33 Å². The molecule has 6 heteroatoms. The van der Waals surface area contributed by atoms with Crippen molar-refractivity contribution >= 4 is 15.9 Å². The van der Waals surface area contributed by atoms with Crippen LogP contribution in [-0.2, 0) is 5.33 Å². The molecule has 0 aromatic heterocycles. The minimum atomic E-state index is -4.21. The number of rotatable bonds is 5. The number of ether oxygens (including phenoxy) is 2. The molecule has 1 aromatic carbocycles. The van der Waals surface area contributed by atoms with E-state index in [-0.39, 0.29) is 0 Å². The molecule has 0 radical (unpaired) electrons. The van der Waals surface area contributed by atoms with Crippen LogP contribution >= 0.6 is 15.9 Å². The molecule has 0 heterocycles. The number of alkyl halides is 4. The molecule has 0 N–H and O–H groups in total. The van der Waals surface area contributed by atoms with E-state index < -0.39 is 19.2 Å². The maximum atomic E-state index is 11.9. The van der Waals surface area contributed by atoms with E-state index in [1.807, 2.05) is 0 Å². The van der Waals surface area contributed by atoms with E-state index in [1.54, 1.807) is 18.2 Å². The van der Waals surface area contributed by atoms with Crippen LogP contribution < -0.4 is 9.47 Å². The Balaban J connectivity index is 2.64. The molecule has 0 aliphatic heterocycles. The SMILES string of the molecule is COc1cc(CBr)ccc1OCCC(F)(F)F. The molecule has 1 aromatic rings. The molecule has 0 atom stereocenters. The molecule has 1 rings (SSSR count). The highest BCUT2D eigenvalue weighted by Crippen LogP contribution is 2.29. The third kappa shape index (κ3) is 4.85. The first-order valence-electron chi connectivity index (χ1n) is 4.88. The Bertz CT molecular complexity index is 366. The first kappa shape index (κ1) is 14.2. The standard InChI is InChI=1S/C11H12BrF3O2/c1-16-10-6-8(7-12)2-3-9(10)17-5-4-11(13,14)15/h2-3,6H,4-5,7H2,1H3. The molecule has 0 unspecified atom stereocenters. The maximum absolute atomic E-state index is 11.9. The van der Waals surface area contributed by atoms with Crippen molar-refractivity contribution in [3.05, 3.63) is 23.8 Å². The van der Waals surface area contributed by atoms with E-state index in [0.29, 0.717) is 16.8 Å². The van der Waals surface area contributed by atoms with Gasteiger partial charge in [-0.05, 0) is 17.7 Å². The Morgan fingerprint density at radius 2 is 1.94 bits per heavy atom. The van der Waals surface area contributed by atoms with Crippen molar-refractivity contribution in [2.75, 3.05) is 13.7 Å². The average molecular weight is 313 g/mol. The van der Waals surface area contributed by atoms with Gasteiger partial charge in [0.25, 0.3) is 0 Å². The Morgan fingerprint density at radius 3 is 2.47 bits per heavy atom. The summed E-state index contributed by atoms with van der Waals surface area (Å²) in [6.07, 6.45) is -5.18. The van der Waals surface area contributed by atoms with Gasteiger partial charge in [-0.3, -0.25) is 0 Å². The highest BCUT2D eigenvalue weighted by Gasteiger charge is 2.27. The van der Waals surface area contributed by atoms with Crippen LogP contribution in [0.5, 0.6) is 11.5 Å². The van der Waals surface area contributed by atoms with Gasteiger partial charge in [-0.1, -0.05) is 22.0 Å². The lowest BCUT2D eigenvalue weighted by Gasteiger charge is -2.12. The van der Waals surface area contributed by atoms with Crippen LogP contribution in [0.2, 0.25) is 0 Å². The third-order valence-electron chi connectivity index (χ3n) is 2.03. The minimum absolute atomic E-state index is 0.321. The van der Waals surface area contributed by atoms with Gasteiger partial charge >= 0.3 is 6.18 Å². The Kier molecular flexibility index (Phi) is 5.11. The van der Waals surface area contributed by atoms with E-state index in [2.05, 4.69) is 15.9 Å². The summed E-state index contributed by atoms with van der Waals surface area (Å²) in [5, 5.41) is 0.645. The predicted molar refractivity (Wildman–Crippen MR) is 61.8 cm³/mol. The van der Waals surface area contributed by atoms with Crippen LogP contribution in [0.3, 0.4) is 0 Å². The zero-order valence-electron chi connectivity index (χ0n) is 9.18. The van der Waals surface area contributed by atoms with Crippen LogP contribution in [0, 0.1) is 0 Å². The lowest BCUT2D eigenvalue weighted by atomic mass is 10.2. The fourth-order valence-electron chi connectivity index (χ4n) is 1.19. The maximum Gasteiger partial charge on any atom is 0.392 e. The van der Waals surface area contributed by atoms with Crippen molar-refractivity contribution in [1.29, 1.82) is 0 Å². The van der Waals surface area contributed by atoms with Crippen LogP contribution in [0.4, 0.5) is 13.2 Å². The molecular weight excluding hydrogens is 301 g/mol. The molecule has 96 valence electrons. The molecule has 0 amide bonds. The summed E-state index contributed by atoms with van der Waals surface area (Å²) in [7, 11) is 1.45. The van der Waals surface area contributed by atoms with Crippen molar-refractivity contribution in [3.63, 3.8) is 0 Å². The smallest absolute Gasteiger partial charge is 0.392 e. The van der Waals surface area contributed by atoms with Crippen LogP contribution in [0.25, 0.3) is 0 Å². The molecule has 0 aliphatic rings. The lowest BCUT2D eigenvalue weighted by molar-refractivity contribution is -0.139. The van der Waals surface area contributed by atoms with E-state index in [9.17, 15) is 13.2 Å². The van der Waals surface area contributed by atoms with Gasteiger partial charge in [0.15, 0.2) is 11.5 Å². The normalized spacial score (nSPS) is 11.4. The first-order chi connectivity index (χ1) is 7.96. The summed E-state index contributed by atoms with van der Waals surface area (Å²) in [5.41, 5.74) is 0.963. The quantitative estimate of drug-likeness (QED) is 0.767. The Morgan fingerprint density at radius 1 is 1.24 bits per heavy atom. The fraction of sp³-hybridized carbons (Fsp3) is 0.455. The van der Waals surface area contributed by atoms with Crippen molar-refractivity contribution in [3.8, 4) is 11.5 Å². The summed E-state index contributed by atoms with van der Waals surface area (Å²) < 4.78 is 45.9. The number of halogens is 4. The molecular formula is C11H12BrF3O2. The highest BCUT2D eigenvalue weighted by atomic mass is 79.9. The van der Waals surface area contributed by atoms with Crippen molar-refractivity contribution in [1.82, 2.24) is 0 Å². The highest BCUT2D eigenvalue weighted by molar-refractivity contribution is 9.08. The number of methoxy groups -OCH3 is 1. The Hall–Kier alpha value is -0.910. The zero-order valence-corrected chi connectivity index (χ0v) is 10.8. The van der Waals surface area contributed by atoms with Gasteiger partial charge in [-0.15, -0.1) is 0 Å². The second-order valence-corrected chi connectivity index (χ2v) is 3.89. The molecule has 0 bridgehead atoms. The van der Waals surface area contributed by atoms with E-state index in [1.165, 1.54) is 7.11 Å². The second-order valence-electron chi connectivity index (χ2n) is 3.33. The van der Waals surface area contributed by atoms with Gasteiger partial charge in [0.05, 0.1) is 20.1 Å². The van der Waals surface area contributed by atoms with Crippen LogP contribution in [0.15, 0.2) is 18.2 Å². The van der Waals surface area contributed by atoms with Crippen molar-refractivity contribution in [2.24, 2.45) is 0 Å². The third-order valence-corrected chi connectivity index (χ3v) is 2.67. The second kappa shape index (κ2) is 6.14. The molecule has 0 spiro atoms. The topological polar surface area (TPSA) is 18.5 Å². The molecule has 0 aliphatic carbocycles. The number of benzene rings is 1. The summed E-state index contributed by atoms with van der Waals surface area (Å²) in [5.74, 6) is 0.755. The monoisotopic (exact) mass is 312 g/mol. The van der Waals surface area contributed by atoms with Crippen LogP contribution in [0.1, 0.15) is 12.0 Å². The zero-order chi connectivity index (χ0) is 12.9. The van der Waals surface area contributed by atoms with Crippen molar-refractivity contribution < 1.29 is 22.6 Å². The lowest BCUT2D eigenvalue weighted by Crippen LogP contribution is -2.13. The number of hydrogen-bond acceptors (Lipinski definition) is 2. The molecule has 17 heavy (non-hydrogen) atoms. The molecule has 0 fully saturated rings. The van der Waals surface area contributed by atoms with Crippen LogP contribution in [-0.4, -0.2) is 19.9 Å². The van der Waals surface area contributed by atoms with Crippen molar-refractivity contribution in [2.45, 2.75) is 17.9 Å². The largest absolute Gasteiger partial charge is 0.493 e. The van der Waals surface area contributed by atoms with Gasteiger partial charge < -0.3 is 9.47 Å². The van der Waals surface area contributed by atoms with Gasteiger partial charge in [0.1, 0.15) is 0 Å². The molecule has 0 saturated heterocycles. The molecule has 2 nitrogen and oxygen atoms in total. The molecule has 0 saturated carbocycles. The van der Waals surface area contributed by atoms with Gasteiger partial charge in [0.2, 0.25) is 0 Å². The fourth-order valence-corrected chi connectivity index (χ4v) is 1.54. The summed E-state index contributed by atoms with van der Waals surface area (Å²) in [6.45, 7) is -0.409. The van der Waals surface area contributed by atoms with E-state index >= 15 is 0 Å².